The van der Waals surface area contributed by atoms with Gasteiger partial charge < -0.3 is 4.57 Å². The van der Waals surface area contributed by atoms with Crippen LogP contribution in [0, 0.1) is 0 Å². The molecule has 3 heterocycles. The molecule has 3 nitrogen and oxygen atoms in total. The Kier molecular flexibility index (Phi) is 7.72. The number of hydrogen-bond donors (Lipinski definition) is 0. The lowest BCUT2D eigenvalue weighted by Gasteiger charge is -2.19. The fraction of sp³-hybridized carbons (Fsp3) is 0.200. The summed E-state index contributed by atoms with van der Waals surface area (Å²) in [4.78, 5) is 10.4. The summed E-state index contributed by atoms with van der Waals surface area (Å²) in [6.07, 6.45) is 37.8. The predicted octanol–water partition coefficient (Wildman–Crippen LogP) is 10.1. The Morgan fingerprint density at radius 1 is 0.667 bits per heavy atom. The van der Waals surface area contributed by atoms with Crippen LogP contribution < -0.4 is 21.1 Å². The lowest BCUT2D eigenvalue weighted by molar-refractivity contribution is 0.899. The zero-order chi connectivity index (χ0) is 35.6. The van der Waals surface area contributed by atoms with Gasteiger partial charge >= 0.3 is 0 Å². The van der Waals surface area contributed by atoms with Gasteiger partial charge in [0.2, 0.25) is 0 Å². The highest BCUT2D eigenvalue weighted by atomic mass is 32.1. The Morgan fingerprint density at radius 3 is 2.37 bits per heavy atom. The van der Waals surface area contributed by atoms with Crippen molar-refractivity contribution in [3.63, 3.8) is 0 Å². The average Bonchev–Trinajstić information content (AvgIpc) is 3.79. The van der Waals surface area contributed by atoms with Crippen LogP contribution in [0.5, 0.6) is 0 Å². The molecule has 4 heteroatoms. The van der Waals surface area contributed by atoms with Crippen LogP contribution in [0.25, 0.3) is 78.0 Å². The van der Waals surface area contributed by atoms with E-state index in [-0.39, 0.29) is 5.92 Å². The third kappa shape index (κ3) is 5.30. The van der Waals surface area contributed by atoms with Crippen molar-refractivity contribution in [3.8, 4) is 11.4 Å². The van der Waals surface area contributed by atoms with Crippen LogP contribution in [-0.4, -0.2) is 14.5 Å². The van der Waals surface area contributed by atoms with Crippen molar-refractivity contribution in [1.29, 1.82) is 0 Å². The molecule has 6 aromatic rings. The van der Waals surface area contributed by atoms with Crippen LogP contribution in [0.1, 0.15) is 75.0 Å². The largest absolute Gasteiger partial charge is 0.310 e. The van der Waals surface area contributed by atoms with Gasteiger partial charge in [0.05, 0.1) is 16.6 Å². The molecule has 5 aliphatic carbocycles. The summed E-state index contributed by atoms with van der Waals surface area (Å²) in [6.45, 7) is 0. The smallest absolute Gasteiger partial charge is 0.160 e. The summed E-state index contributed by atoms with van der Waals surface area (Å²) in [6, 6.07) is 22.7. The van der Waals surface area contributed by atoms with Gasteiger partial charge in [0.1, 0.15) is 0 Å². The number of nitrogens with zero attached hydrogens (tertiary/aromatic N) is 3. The summed E-state index contributed by atoms with van der Waals surface area (Å²) in [5.74, 6) is 1.11. The first-order valence-electron chi connectivity index (χ1n) is 19.8. The van der Waals surface area contributed by atoms with E-state index >= 15 is 0 Å². The van der Waals surface area contributed by atoms with Crippen LogP contribution in [0.3, 0.4) is 0 Å². The predicted molar refractivity (Wildman–Crippen MR) is 230 cm³/mol. The fourth-order valence-corrected chi connectivity index (χ4v) is 10.5. The van der Waals surface area contributed by atoms with Crippen molar-refractivity contribution in [2.24, 2.45) is 0 Å². The summed E-state index contributed by atoms with van der Waals surface area (Å²) in [7, 11) is 0. The minimum atomic E-state index is 0.289. The van der Waals surface area contributed by atoms with E-state index in [0.29, 0.717) is 0 Å². The number of benzene rings is 3. The second-order valence-electron chi connectivity index (χ2n) is 15.2. The highest BCUT2D eigenvalue weighted by Gasteiger charge is 2.22. The van der Waals surface area contributed by atoms with Gasteiger partial charge in [-0.1, -0.05) is 115 Å². The second-order valence-corrected chi connectivity index (χ2v) is 16.3. The van der Waals surface area contributed by atoms with Gasteiger partial charge in [-0.2, -0.15) is 0 Å². The normalized spacial score (nSPS) is 19.1. The maximum absolute atomic E-state index is 5.31. The zero-order valence-corrected chi connectivity index (χ0v) is 31.2. The topological polar surface area (TPSA) is 30.7 Å². The van der Waals surface area contributed by atoms with Crippen molar-refractivity contribution >= 4 is 78.0 Å². The summed E-state index contributed by atoms with van der Waals surface area (Å²) in [5, 5.41) is 9.07. The van der Waals surface area contributed by atoms with Gasteiger partial charge in [-0.3, -0.25) is 0 Å². The van der Waals surface area contributed by atoms with Gasteiger partial charge in [0.25, 0.3) is 0 Å². The molecule has 1 atom stereocenters. The minimum absolute atomic E-state index is 0.289. The molecule has 0 amide bonds. The van der Waals surface area contributed by atoms with E-state index in [9.17, 15) is 0 Å². The van der Waals surface area contributed by atoms with E-state index < -0.39 is 0 Å². The van der Waals surface area contributed by atoms with Gasteiger partial charge in [0, 0.05) is 58.5 Å². The number of allylic oxidation sites excluding steroid dienone is 12. The van der Waals surface area contributed by atoms with Crippen molar-refractivity contribution < 1.29 is 0 Å². The number of thiophene rings is 1. The first-order chi connectivity index (χ1) is 26.8. The fourth-order valence-electron chi connectivity index (χ4n) is 9.27. The van der Waals surface area contributed by atoms with Gasteiger partial charge in [-0.15, -0.1) is 11.3 Å². The molecular weight excluding hydrogens is 675 g/mol. The third-order valence-electron chi connectivity index (χ3n) is 12.0. The molecule has 0 aliphatic heterocycles. The SMILES string of the molecule is C1=CCCC(C2=CC=C(c3nc(-c4ccc(C5C=c6c(n(C7=CCCC=C7)c7ccc8c9ccccc9sc8c67)=CC5)cc4)nc4c3=CCCC=4)CC2)=C1. The lowest BCUT2D eigenvalue weighted by Crippen LogP contribution is -2.35. The Morgan fingerprint density at radius 2 is 1.52 bits per heavy atom. The number of aromatic nitrogens is 3. The summed E-state index contributed by atoms with van der Waals surface area (Å²) < 4.78 is 5.26. The standard InChI is InChI=1S/C50H41N3S/c1-3-11-32(12-4-1)33-19-23-35(24-20-33)48-41-16-7-9-17-43(41)51-50(52-48)36-25-21-34(22-26-36)37-27-29-44-42(31-37)47-45(53(44)38-13-5-2-6-14-38)30-28-40-39-15-8-10-18-46(39)54-49(40)47/h1,3,5,8,10-11,13-19,21-23,25-26,28-31,37H,2,4,6-7,9,12,20,24,27H2. The Bertz CT molecular complexity index is 3010. The van der Waals surface area contributed by atoms with E-state index in [4.69, 9.17) is 9.97 Å². The first kappa shape index (κ1) is 31.9. The molecule has 262 valence electrons. The van der Waals surface area contributed by atoms with E-state index in [1.165, 1.54) is 74.8 Å². The number of rotatable bonds is 5. The molecule has 3 aromatic heterocycles. The van der Waals surface area contributed by atoms with Crippen molar-refractivity contribution in [1.82, 2.24) is 14.5 Å². The molecule has 11 rings (SSSR count). The highest BCUT2D eigenvalue weighted by molar-refractivity contribution is 7.26. The molecule has 0 bridgehead atoms. The van der Waals surface area contributed by atoms with Crippen LogP contribution in [0.4, 0.5) is 0 Å². The maximum atomic E-state index is 5.31. The van der Waals surface area contributed by atoms with Crippen molar-refractivity contribution in [3.05, 3.63) is 153 Å². The molecule has 0 radical (unpaired) electrons. The van der Waals surface area contributed by atoms with Crippen molar-refractivity contribution in [2.75, 3.05) is 0 Å². The Balaban J connectivity index is 0.992. The van der Waals surface area contributed by atoms with Gasteiger partial charge in [0.15, 0.2) is 5.82 Å². The number of hydrogen-bond acceptors (Lipinski definition) is 3. The van der Waals surface area contributed by atoms with E-state index in [1.807, 2.05) is 11.3 Å². The zero-order valence-electron chi connectivity index (χ0n) is 30.4. The highest BCUT2D eigenvalue weighted by Crippen LogP contribution is 2.39. The maximum Gasteiger partial charge on any atom is 0.160 e. The van der Waals surface area contributed by atoms with Gasteiger partial charge in [-0.25, -0.2) is 9.97 Å². The lowest BCUT2D eigenvalue weighted by atomic mass is 9.87. The van der Waals surface area contributed by atoms with E-state index in [2.05, 4.69) is 138 Å². The molecule has 0 N–H and O–H groups in total. The van der Waals surface area contributed by atoms with Crippen LogP contribution in [0.2, 0.25) is 0 Å². The summed E-state index contributed by atoms with van der Waals surface area (Å²) >= 11 is 1.93. The Hall–Kier alpha value is -5.58. The molecule has 0 saturated heterocycles. The third-order valence-corrected chi connectivity index (χ3v) is 13.2. The molecule has 0 fully saturated rings. The second kappa shape index (κ2) is 13.1. The van der Waals surface area contributed by atoms with E-state index in [1.54, 1.807) is 0 Å². The molecule has 1 unspecified atom stereocenters. The van der Waals surface area contributed by atoms with Crippen LogP contribution >= 0.6 is 11.3 Å². The number of fused-ring (bicyclic) bond motifs is 8. The molecule has 0 spiro atoms. The summed E-state index contributed by atoms with van der Waals surface area (Å²) in [5.41, 5.74) is 10.4. The average molecular weight is 716 g/mol. The molecule has 3 aromatic carbocycles. The molecule has 5 aliphatic rings. The van der Waals surface area contributed by atoms with Crippen LogP contribution in [0.15, 0.2) is 120 Å². The van der Waals surface area contributed by atoms with Gasteiger partial charge in [-0.05, 0) is 98.3 Å². The quantitative estimate of drug-likeness (QED) is 0.178. The molecular formula is C50H41N3S. The monoisotopic (exact) mass is 715 g/mol. The first-order valence-corrected chi connectivity index (χ1v) is 20.6. The van der Waals surface area contributed by atoms with Crippen molar-refractivity contribution in [2.45, 2.75) is 63.7 Å². The Labute approximate surface area is 319 Å². The minimum Gasteiger partial charge on any atom is -0.310 e. The molecule has 54 heavy (non-hydrogen) atoms. The molecule has 0 saturated carbocycles. The van der Waals surface area contributed by atoms with E-state index in [0.717, 1.165) is 80.2 Å². The van der Waals surface area contributed by atoms with Crippen LogP contribution in [-0.2, 0) is 0 Å².